The van der Waals surface area contributed by atoms with Crippen LogP contribution in [-0.2, 0) is 4.79 Å². The van der Waals surface area contributed by atoms with Crippen molar-refractivity contribution >= 4 is 6.29 Å². The highest BCUT2D eigenvalue weighted by molar-refractivity contribution is 5.75. The summed E-state index contributed by atoms with van der Waals surface area (Å²) in [7, 11) is 0. The van der Waals surface area contributed by atoms with Crippen molar-refractivity contribution in [2.75, 3.05) is 20.0 Å². The van der Waals surface area contributed by atoms with Crippen LogP contribution in [0.3, 0.4) is 0 Å². The van der Waals surface area contributed by atoms with Gasteiger partial charge in [-0.1, -0.05) is 0 Å². The van der Waals surface area contributed by atoms with E-state index in [-0.39, 0.29) is 6.29 Å². The molecule has 0 bridgehead atoms. The number of alkyl halides is 3. The van der Waals surface area contributed by atoms with Gasteiger partial charge in [0.05, 0.1) is 0 Å². The Morgan fingerprint density at radius 1 is 1.10 bits per heavy atom. The molecular weight excluding hydrogens is 145 g/mol. The fraction of sp³-hybridized carbons (Fsp3) is 0.500. The Morgan fingerprint density at radius 2 is 1.60 bits per heavy atom. The van der Waals surface area contributed by atoms with Crippen molar-refractivity contribution in [2.24, 2.45) is 0 Å². The van der Waals surface area contributed by atoms with Crippen molar-refractivity contribution in [3.05, 3.63) is 11.1 Å². The molecule has 0 unspecified atom stereocenters. The number of aldehydes is 1. The molecule has 0 aliphatic carbocycles. The smallest absolute Gasteiger partial charge is 0.148 e. The molecule has 0 aromatic rings. The van der Waals surface area contributed by atoms with Gasteiger partial charge in [-0.3, -0.25) is 4.79 Å². The Morgan fingerprint density at radius 3 is 1.70 bits per heavy atom. The van der Waals surface area contributed by atoms with Crippen LogP contribution in [0.15, 0.2) is 11.1 Å². The van der Waals surface area contributed by atoms with E-state index in [1.807, 2.05) is 0 Å². The van der Waals surface area contributed by atoms with Gasteiger partial charge in [-0.25, -0.2) is 13.2 Å². The maximum atomic E-state index is 11.7. The van der Waals surface area contributed by atoms with E-state index in [9.17, 15) is 18.0 Å². The first kappa shape index (κ1) is 9.20. The van der Waals surface area contributed by atoms with E-state index in [0.717, 1.165) is 0 Å². The zero-order valence-electron chi connectivity index (χ0n) is 5.24. The molecule has 4 heteroatoms. The van der Waals surface area contributed by atoms with Gasteiger partial charge in [-0.15, -0.1) is 0 Å². The molecule has 0 radical (unpaired) electrons. The van der Waals surface area contributed by atoms with Crippen molar-refractivity contribution < 1.29 is 18.0 Å². The van der Waals surface area contributed by atoms with E-state index >= 15 is 0 Å². The summed E-state index contributed by atoms with van der Waals surface area (Å²) in [6, 6.07) is 0. The summed E-state index contributed by atoms with van der Waals surface area (Å²) in [5.74, 6) is 0. The second kappa shape index (κ2) is 5.02. The van der Waals surface area contributed by atoms with Crippen LogP contribution in [0, 0.1) is 0 Å². The molecule has 0 saturated carbocycles. The summed E-state index contributed by atoms with van der Waals surface area (Å²) in [6.45, 7) is -3.31. The lowest BCUT2D eigenvalue weighted by Crippen LogP contribution is -1.99. The predicted molar refractivity (Wildman–Crippen MR) is 31.0 cm³/mol. The number of carbonyl (C=O) groups is 1. The van der Waals surface area contributed by atoms with Crippen LogP contribution < -0.4 is 0 Å². The van der Waals surface area contributed by atoms with Crippen molar-refractivity contribution in [1.29, 1.82) is 0 Å². The molecule has 0 heterocycles. The average molecular weight is 152 g/mol. The van der Waals surface area contributed by atoms with E-state index in [4.69, 9.17) is 0 Å². The molecule has 0 spiro atoms. The highest BCUT2D eigenvalue weighted by Gasteiger charge is 2.04. The van der Waals surface area contributed by atoms with Crippen LogP contribution in [0.4, 0.5) is 13.2 Å². The molecule has 0 aromatic heterocycles. The maximum Gasteiger partial charge on any atom is 0.148 e. The quantitative estimate of drug-likeness (QED) is 0.439. The van der Waals surface area contributed by atoms with Crippen molar-refractivity contribution in [2.45, 2.75) is 0 Å². The van der Waals surface area contributed by atoms with E-state index in [1.54, 1.807) is 0 Å². The van der Waals surface area contributed by atoms with E-state index in [1.165, 1.54) is 0 Å². The lowest BCUT2D eigenvalue weighted by Gasteiger charge is -1.97. The fourth-order valence-corrected chi connectivity index (χ4v) is 0.417. The largest absolute Gasteiger partial charge is 0.298 e. The fourth-order valence-electron chi connectivity index (χ4n) is 0.417. The van der Waals surface area contributed by atoms with Crippen molar-refractivity contribution in [1.82, 2.24) is 0 Å². The van der Waals surface area contributed by atoms with Gasteiger partial charge in [0.2, 0.25) is 0 Å². The number of rotatable bonds is 4. The van der Waals surface area contributed by atoms with Crippen LogP contribution in [0.25, 0.3) is 0 Å². The summed E-state index contributed by atoms with van der Waals surface area (Å²) in [4.78, 5) is 9.86. The molecule has 0 N–H and O–H groups in total. The van der Waals surface area contributed by atoms with Crippen LogP contribution in [-0.4, -0.2) is 26.3 Å². The topological polar surface area (TPSA) is 17.1 Å². The van der Waals surface area contributed by atoms with Crippen LogP contribution in [0.1, 0.15) is 0 Å². The van der Waals surface area contributed by atoms with E-state index in [0.29, 0.717) is 0 Å². The number of hydrogen-bond donors (Lipinski definition) is 0. The first-order valence-corrected chi connectivity index (χ1v) is 2.64. The minimum Gasteiger partial charge on any atom is -0.298 e. The molecule has 10 heavy (non-hydrogen) atoms. The third-order valence-corrected chi connectivity index (χ3v) is 1.06. The molecule has 0 rings (SSSR count). The number of halogens is 3. The first-order chi connectivity index (χ1) is 4.79. The van der Waals surface area contributed by atoms with Gasteiger partial charge in [-0.2, -0.15) is 0 Å². The second-order valence-electron chi connectivity index (χ2n) is 1.65. The molecule has 58 valence electrons. The zero-order valence-corrected chi connectivity index (χ0v) is 5.24. The summed E-state index contributed by atoms with van der Waals surface area (Å²) in [6.07, 6.45) is 0.133. The van der Waals surface area contributed by atoms with Crippen LogP contribution >= 0.6 is 0 Å². The van der Waals surface area contributed by atoms with Crippen molar-refractivity contribution in [3.63, 3.8) is 0 Å². The van der Waals surface area contributed by atoms with Gasteiger partial charge in [0.25, 0.3) is 0 Å². The van der Waals surface area contributed by atoms with Crippen LogP contribution in [0.5, 0.6) is 0 Å². The van der Waals surface area contributed by atoms with E-state index < -0.39 is 31.2 Å². The van der Waals surface area contributed by atoms with Gasteiger partial charge in [0, 0.05) is 11.1 Å². The minimum atomic E-state index is -1.10. The Balaban J connectivity index is 4.35. The van der Waals surface area contributed by atoms with E-state index in [2.05, 4.69) is 0 Å². The number of allylic oxidation sites excluding steroid dienone is 2. The molecule has 0 amide bonds. The Hall–Kier alpha value is -0.800. The molecule has 0 saturated heterocycles. The predicted octanol–water partition coefficient (Wildman–Crippen LogP) is 1.39. The summed E-state index contributed by atoms with van der Waals surface area (Å²) in [5.41, 5.74) is -0.831. The number of hydrogen-bond acceptors (Lipinski definition) is 1. The monoisotopic (exact) mass is 152 g/mol. The lowest BCUT2D eigenvalue weighted by molar-refractivity contribution is -0.105. The van der Waals surface area contributed by atoms with Gasteiger partial charge in [0.15, 0.2) is 0 Å². The van der Waals surface area contributed by atoms with Crippen molar-refractivity contribution in [3.8, 4) is 0 Å². The molecule has 0 atom stereocenters. The zero-order chi connectivity index (χ0) is 7.98. The molecule has 0 aliphatic rings. The molecular formula is C6H7F3O. The highest BCUT2D eigenvalue weighted by atomic mass is 19.1. The van der Waals surface area contributed by atoms with Gasteiger partial charge < -0.3 is 0 Å². The van der Waals surface area contributed by atoms with Gasteiger partial charge in [0.1, 0.15) is 26.3 Å². The Kier molecular flexibility index (Phi) is 4.62. The number of carbonyl (C=O) groups excluding carboxylic acids is 1. The second-order valence-corrected chi connectivity index (χ2v) is 1.65. The molecule has 0 aromatic carbocycles. The summed E-state index contributed by atoms with van der Waals surface area (Å²) < 4.78 is 35.0. The molecule has 0 fully saturated rings. The normalized spacial score (nSPS) is 9.10. The first-order valence-electron chi connectivity index (χ1n) is 2.64. The maximum absolute atomic E-state index is 11.7. The van der Waals surface area contributed by atoms with Crippen LogP contribution in [0.2, 0.25) is 0 Å². The molecule has 0 aliphatic heterocycles. The molecule has 1 nitrogen and oxygen atoms in total. The standard InChI is InChI=1S/C6H7F3O/c7-1-5(2-8)6(3-9)4-10/h4H,1-3H2. The summed E-state index contributed by atoms with van der Waals surface area (Å²) >= 11 is 0. The highest BCUT2D eigenvalue weighted by Crippen LogP contribution is 2.04. The lowest BCUT2D eigenvalue weighted by atomic mass is 10.2. The average Bonchev–Trinajstić information content (AvgIpc) is 2.00. The van der Waals surface area contributed by atoms with Gasteiger partial charge in [-0.05, 0) is 0 Å². The Labute approximate surface area is 56.5 Å². The minimum absolute atomic E-state index is 0.133. The third-order valence-electron chi connectivity index (χ3n) is 1.06. The summed E-state index contributed by atoms with van der Waals surface area (Å²) in [5, 5.41) is 0. The third kappa shape index (κ3) is 2.21. The Bertz CT molecular complexity index is 136. The SMILES string of the molecule is O=CC(CF)=C(CF)CF. The van der Waals surface area contributed by atoms with Gasteiger partial charge >= 0.3 is 0 Å².